The van der Waals surface area contributed by atoms with Gasteiger partial charge in [0, 0.05) is 36.0 Å². The van der Waals surface area contributed by atoms with E-state index in [0.29, 0.717) is 51.7 Å². The molecule has 6 aliphatic rings. The number of hydrogen-bond acceptors (Lipinski definition) is 10. The van der Waals surface area contributed by atoms with Crippen molar-refractivity contribution in [2.45, 2.75) is 127 Å². The van der Waals surface area contributed by atoms with Crippen LogP contribution >= 0.6 is 0 Å². The Balaban J connectivity index is 1.17. The number of nitrogens with zero attached hydrogens (tertiary/aromatic N) is 1. The Labute approximate surface area is 258 Å². The number of rotatable bonds is 6. The molecule has 10 heteroatoms. The SMILES string of the molecule is C[C@@H]1O[C@H](O[C@H]2CC[C@]3(C=NCc4ccco4)[C@H]4CC[C@]5(C)[C@@H](C6=CC(=O)OC6)CC[C@]5(O)[C@@H]4CC[C@]3(O)C2)C[C@H](O)[C@H]1O. The number of aliphatic hydroxyl groups excluding tert-OH is 2. The van der Waals surface area contributed by atoms with E-state index in [1.807, 2.05) is 18.3 Å². The van der Waals surface area contributed by atoms with E-state index in [1.54, 1.807) is 19.3 Å². The van der Waals surface area contributed by atoms with Crippen molar-refractivity contribution in [3.05, 3.63) is 35.8 Å². The van der Waals surface area contributed by atoms with Crippen LogP contribution in [0.2, 0.25) is 0 Å². The summed E-state index contributed by atoms with van der Waals surface area (Å²) in [4.78, 5) is 16.8. The summed E-state index contributed by atoms with van der Waals surface area (Å²) in [6.07, 6.45) is 8.14. The summed E-state index contributed by atoms with van der Waals surface area (Å²) in [6.45, 7) is 4.61. The lowest BCUT2D eigenvalue weighted by Gasteiger charge is -2.66. The highest BCUT2D eigenvalue weighted by molar-refractivity contribution is 5.85. The van der Waals surface area contributed by atoms with E-state index in [4.69, 9.17) is 23.6 Å². The van der Waals surface area contributed by atoms with Crippen LogP contribution in [-0.2, 0) is 25.5 Å². The molecule has 1 aromatic heterocycles. The smallest absolute Gasteiger partial charge is 0.331 e. The second-order valence-corrected chi connectivity index (χ2v) is 14.7. The van der Waals surface area contributed by atoms with Gasteiger partial charge >= 0.3 is 5.97 Å². The maximum atomic E-state index is 12.7. The number of fused-ring (bicyclic) bond motifs is 5. The first-order valence-electron chi connectivity index (χ1n) is 16.5. The Hall–Kier alpha value is -2.08. The monoisotopic (exact) mass is 613 g/mol. The second kappa shape index (κ2) is 11.0. The van der Waals surface area contributed by atoms with Crippen LogP contribution in [0.25, 0.3) is 0 Å². The van der Waals surface area contributed by atoms with Gasteiger partial charge in [-0.25, -0.2) is 4.79 Å². The van der Waals surface area contributed by atoms with Crippen LogP contribution in [0.3, 0.4) is 0 Å². The summed E-state index contributed by atoms with van der Waals surface area (Å²) < 4.78 is 23.0. The molecule has 10 nitrogen and oxygen atoms in total. The zero-order chi connectivity index (χ0) is 30.9. The molecule has 0 spiro atoms. The molecule has 0 unspecified atom stereocenters. The molecular weight excluding hydrogens is 566 g/mol. The highest BCUT2D eigenvalue weighted by atomic mass is 16.7. The molecule has 4 N–H and O–H groups in total. The van der Waals surface area contributed by atoms with E-state index in [-0.39, 0.29) is 41.7 Å². The Morgan fingerprint density at radius 3 is 2.64 bits per heavy atom. The molecule has 2 aliphatic heterocycles. The predicted molar refractivity (Wildman–Crippen MR) is 158 cm³/mol. The van der Waals surface area contributed by atoms with Crippen molar-refractivity contribution < 1.29 is 43.8 Å². The summed E-state index contributed by atoms with van der Waals surface area (Å²) in [5, 5.41) is 45.8. The van der Waals surface area contributed by atoms with Crippen LogP contribution < -0.4 is 0 Å². The lowest BCUT2D eigenvalue weighted by Crippen LogP contribution is -2.69. The molecule has 0 amide bonds. The third kappa shape index (κ3) is 4.66. The fourth-order valence-electron chi connectivity index (χ4n) is 10.5. The van der Waals surface area contributed by atoms with Crippen LogP contribution in [0.4, 0.5) is 0 Å². The molecule has 12 atom stereocenters. The van der Waals surface area contributed by atoms with Crippen molar-refractivity contribution in [2.24, 2.45) is 33.6 Å². The first-order valence-corrected chi connectivity index (χ1v) is 16.5. The van der Waals surface area contributed by atoms with Crippen molar-refractivity contribution >= 4 is 12.2 Å². The zero-order valence-electron chi connectivity index (χ0n) is 25.8. The van der Waals surface area contributed by atoms with Crippen molar-refractivity contribution in [2.75, 3.05) is 6.61 Å². The number of carbonyl (C=O) groups excluding carboxylic acids is 1. The van der Waals surface area contributed by atoms with Gasteiger partial charge in [-0.3, -0.25) is 4.99 Å². The maximum absolute atomic E-state index is 12.7. The van der Waals surface area contributed by atoms with Crippen molar-refractivity contribution in [3.63, 3.8) is 0 Å². The van der Waals surface area contributed by atoms with Crippen LogP contribution in [0.15, 0.2) is 39.5 Å². The fourth-order valence-corrected chi connectivity index (χ4v) is 10.5. The van der Waals surface area contributed by atoms with Crippen LogP contribution in [0.1, 0.15) is 83.8 Å². The number of furan rings is 1. The molecule has 0 aromatic carbocycles. The Morgan fingerprint density at radius 2 is 1.91 bits per heavy atom. The normalized spacial score (nSPS) is 48.9. The van der Waals surface area contributed by atoms with Gasteiger partial charge in [0.25, 0.3) is 0 Å². The molecular formula is C34H47NO9. The number of cyclic esters (lactones) is 1. The highest BCUT2D eigenvalue weighted by Gasteiger charge is 2.71. The van der Waals surface area contributed by atoms with Crippen molar-refractivity contribution in [3.8, 4) is 0 Å². The number of aliphatic hydroxyl groups is 4. The Bertz CT molecular complexity index is 1290. The molecule has 4 saturated carbocycles. The molecule has 0 radical (unpaired) electrons. The Kier molecular flexibility index (Phi) is 7.66. The van der Waals surface area contributed by atoms with Gasteiger partial charge in [-0.1, -0.05) is 6.92 Å². The third-order valence-corrected chi connectivity index (χ3v) is 12.8. The van der Waals surface area contributed by atoms with Crippen LogP contribution in [0.5, 0.6) is 0 Å². The molecule has 1 saturated heterocycles. The van der Waals surface area contributed by atoms with Crippen molar-refractivity contribution in [1.82, 2.24) is 0 Å². The van der Waals surface area contributed by atoms with Gasteiger partial charge in [0.1, 0.15) is 18.5 Å². The Morgan fingerprint density at radius 1 is 1.09 bits per heavy atom. The van der Waals surface area contributed by atoms with Gasteiger partial charge in [-0.15, -0.1) is 0 Å². The first-order chi connectivity index (χ1) is 21.0. The van der Waals surface area contributed by atoms with E-state index in [2.05, 4.69) is 6.92 Å². The summed E-state index contributed by atoms with van der Waals surface area (Å²) in [6, 6.07) is 3.74. The minimum atomic E-state index is -1.10. The topological polar surface area (TPSA) is 151 Å². The number of hydrogen-bond donors (Lipinski definition) is 4. The largest absolute Gasteiger partial charge is 0.467 e. The quantitative estimate of drug-likeness (QED) is 0.215. The third-order valence-electron chi connectivity index (χ3n) is 12.8. The summed E-state index contributed by atoms with van der Waals surface area (Å²) in [5.74, 6) is 0.569. The minimum absolute atomic E-state index is 0.0168. The van der Waals surface area contributed by atoms with E-state index in [9.17, 15) is 25.2 Å². The molecule has 7 rings (SSSR count). The highest BCUT2D eigenvalue weighted by Crippen LogP contribution is 2.70. The predicted octanol–water partition coefficient (Wildman–Crippen LogP) is 3.44. The number of esters is 1. The zero-order valence-corrected chi connectivity index (χ0v) is 25.8. The first kappa shape index (κ1) is 30.6. The van der Waals surface area contributed by atoms with E-state index in [0.717, 1.165) is 30.6 Å². The van der Waals surface area contributed by atoms with Gasteiger partial charge in [0.2, 0.25) is 0 Å². The average Bonchev–Trinajstić information content (AvgIpc) is 3.71. The summed E-state index contributed by atoms with van der Waals surface area (Å²) in [7, 11) is 0. The standard InChI is InChI=1S/C34H47NO9/c1-20-30(38)27(36)15-29(43-20)44-22-5-10-32(19-35-17-23-4-3-13-41-23)25-6-9-31(2)24(21-14-28(37)42-18-21)8-12-34(31,40)26(25)7-11-33(32,39)16-22/h3-4,13-14,19-20,22,24-27,29-30,36,38-40H,5-12,15-18H2,1-2H3/t20-,22-,24+,25-,26+,27-,29+,30-,31+,32-,33-,34-/m0/s1. The summed E-state index contributed by atoms with van der Waals surface area (Å²) in [5.41, 5.74) is -2.05. The molecule has 5 fully saturated rings. The van der Waals surface area contributed by atoms with Gasteiger partial charge in [0.15, 0.2) is 6.29 Å². The van der Waals surface area contributed by atoms with Crippen molar-refractivity contribution in [1.29, 1.82) is 0 Å². The molecule has 0 bridgehead atoms. The van der Waals surface area contributed by atoms with Gasteiger partial charge in [-0.2, -0.15) is 0 Å². The number of carbonyl (C=O) groups is 1. The number of ether oxygens (including phenoxy) is 3. The minimum Gasteiger partial charge on any atom is -0.467 e. The van der Waals surface area contributed by atoms with E-state index in [1.165, 1.54) is 0 Å². The molecule has 44 heavy (non-hydrogen) atoms. The molecule has 1 aromatic rings. The lowest BCUT2D eigenvalue weighted by molar-refractivity contribution is -0.282. The van der Waals surface area contributed by atoms with E-state index >= 15 is 0 Å². The summed E-state index contributed by atoms with van der Waals surface area (Å²) >= 11 is 0. The number of aliphatic imine (C=N–C) groups is 1. The lowest BCUT2D eigenvalue weighted by atomic mass is 9.41. The van der Waals surface area contributed by atoms with Gasteiger partial charge in [-0.05, 0) is 93.7 Å². The molecule has 3 heterocycles. The van der Waals surface area contributed by atoms with Crippen LogP contribution in [0, 0.1) is 28.6 Å². The average molecular weight is 614 g/mol. The maximum Gasteiger partial charge on any atom is 0.331 e. The fraction of sp³-hybridized carbons (Fsp3) is 0.765. The second-order valence-electron chi connectivity index (χ2n) is 14.7. The molecule has 242 valence electrons. The van der Waals surface area contributed by atoms with Gasteiger partial charge < -0.3 is 39.1 Å². The van der Waals surface area contributed by atoms with Gasteiger partial charge in [0.05, 0.1) is 42.3 Å². The van der Waals surface area contributed by atoms with Crippen LogP contribution in [-0.4, -0.2) is 81.1 Å². The van der Waals surface area contributed by atoms with E-state index < -0.39 is 41.2 Å². The molecule has 4 aliphatic carbocycles.